The lowest BCUT2D eigenvalue weighted by Crippen LogP contribution is -2.30. The normalized spacial score (nSPS) is 11.9. The highest BCUT2D eigenvalue weighted by Crippen LogP contribution is 2.29. The number of nitrogens with one attached hydrogen (secondary N) is 3. The van der Waals surface area contributed by atoms with Crippen molar-refractivity contribution >= 4 is 62.9 Å². The van der Waals surface area contributed by atoms with Gasteiger partial charge >= 0.3 is 0 Å². The molecule has 0 saturated heterocycles. The van der Waals surface area contributed by atoms with E-state index >= 15 is 0 Å². The SMILES string of the molecule is CCC(Sc1cccc(NC(=O)/C(=C\c2cccc(Br)c2)NC(=O)c2ccccc2)c1)C(=O)Nc1cc(C)cc(C)c1. The van der Waals surface area contributed by atoms with E-state index in [1.807, 2.05) is 81.4 Å². The molecule has 4 rings (SSSR count). The molecule has 4 aromatic rings. The molecule has 0 aliphatic heterocycles. The lowest BCUT2D eigenvalue weighted by atomic mass is 10.1. The van der Waals surface area contributed by atoms with Crippen LogP contribution < -0.4 is 16.0 Å². The van der Waals surface area contributed by atoms with Crippen LogP contribution in [0.25, 0.3) is 6.08 Å². The zero-order valence-electron chi connectivity index (χ0n) is 23.6. The highest BCUT2D eigenvalue weighted by Gasteiger charge is 2.20. The Morgan fingerprint density at radius 2 is 1.52 bits per heavy atom. The molecular formula is C34H32BrN3O3S. The first-order valence-corrected chi connectivity index (χ1v) is 15.2. The molecule has 3 amide bonds. The molecule has 1 atom stereocenters. The first-order chi connectivity index (χ1) is 20.2. The Morgan fingerprint density at radius 3 is 2.21 bits per heavy atom. The third kappa shape index (κ3) is 8.93. The van der Waals surface area contributed by atoms with Crippen LogP contribution in [0.3, 0.4) is 0 Å². The second-order valence-electron chi connectivity index (χ2n) is 9.80. The molecular weight excluding hydrogens is 610 g/mol. The molecule has 0 aliphatic rings. The van der Waals surface area contributed by atoms with Crippen LogP contribution in [0.15, 0.2) is 112 Å². The summed E-state index contributed by atoms with van der Waals surface area (Å²) < 4.78 is 0.849. The minimum Gasteiger partial charge on any atom is -0.325 e. The van der Waals surface area contributed by atoms with E-state index in [1.54, 1.807) is 36.4 Å². The summed E-state index contributed by atoms with van der Waals surface area (Å²) in [5, 5.41) is 8.37. The monoisotopic (exact) mass is 641 g/mol. The van der Waals surface area contributed by atoms with Crippen molar-refractivity contribution in [3.8, 4) is 0 Å². The van der Waals surface area contributed by atoms with E-state index < -0.39 is 11.8 Å². The van der Waals surface area contributed by atoms with Crippen LogP contribution in [0.1, 0.15) is 40.4 Å². The molecule has 214 valence electrons. The van der Waals surface area contributed by atoms with E-state index in [0.717, 1.165) is 31.7 Å². The fourth-order valence-electron chi connectivity index (χ4n) is 4.31. The Hall–Kier alpha value is -4.14. The molecule has 0 aliphatic carbocycles. The van der Waals surface area contributed by atoms with Gasteiger partial charge in [0.1, 0.15) is 5.70 Å². The summed E-state index contributed by atoms with van der Waals surface area (Å²) in [5.74, 6) is -0.942. The zero-order chi connectivity index (χ0) is 30.1. The van der Waals surface area contributed by atoms with Gasteiger partial charge in [-0.1, -0.05) is 65.3 Å². The predicted octanol–water partition coefficient (Wildman–Crippen LogP) is 7.98. The molecule has 0 aromatic heterocycles. The third-order valence-corrected chi connectivity index (χ3v) is 8.06. The maximum absolute atomic E-state index is 13.4. The van der Waals surface area contributed by atoms with Crippen molar-refractivity contribution in [2.24, 2.45) is 0 Å². The van der Waals surface area contributed by atoms with E-state index in [2.05, 4.69) is 37.9 Å². The predicted molar refractivity (Wildman–Crippen MR) is 176 cm³/mol. The average Bonchev–Trinajstić information content (AvgIpc) is 2.95. The maximum Gasteiger partial charge on any atom is 0.272 e. The van der Waals surface area contributed by atoms with Gasteiger partial charge in [0.2, 0.25) is 5.91 Å². The molecule has 0 bridgehead atoms. The Bertz CT molecular complexity index is 1600. The molecule has 6 nitrogen and oxygen atoms in total. The van der Waals surface area contributed by atoms with E-state index in [4.69, 9.17) is 0 Å². The first kappa shape index (κ1) is 30.8. The fourth-order valence-corrected chi connectivity index (χ4v) is 5.74. The quantitative estimate of drug-likeness (QED) is 0.121. The van der Waals surface area contributed by atoms with Crippen molar-refractivity contribution in [2.45, 2.75) is 37.3 Å². The first-order valence-electron chi connectivity index (χ1n) is 13.5. The van der Waals surface area contributed by atoms with E-state index in [-0.39, 0.29) is 16.9 Å². The molecule has 4 aromatic carbocycles. The fraction of sp³-hybridized carbons (Fsp3) is 0.147. The van der Waals surface area contributed by atoms with Gasteiger partial charge in [-0.25, -0.2) is 0 Å². The summed E-state index contributed by atoms with van der Waals surface area (Å²) in [7, 11) is 0. The molecule has 1 unspecified atom stereocenters. The van der Waals surface area contributed by atoms with Gasteiger partial charge < -0.3 is 16.0 Å². The molecule has 3 N–H and O–H groups in total. The second kappa shape index (κ2) is 14.7. The number of anilines is 2. The topological polar surface area (TPSA) is 87.3 Å². The smallest absolute Gasteiger partial charge is 0.272 e. The Kier molecular flexibility index (Phi) is 10.8. The van der Waals surface area contributed by atoms with E-state index in [1.165, 1.54) is 11.8 Å². The van der Waals surface area contributed by atoms with Crippen LogP contribution in [-0.4, -0.2) is 23.0 Å². The Morgan fingerprint density at radius 1 is 0.810 bits per heavy atom. The van der Waals surface area contributed by atoms with Gasteiger partial charge in [0, 0.05) is 26.3 Å². The summed E-state index contributed by atoms with van der Waals surface area (Å²) in [6, 6.07) is 29.5. The number of carbonyl (C=O) groups excluding carboxylic acids is 3. The van der Waals surface area contributed by atoms with Crippen LogP contribution in [0.4, 0.5) is 11.4 Å². The highest BCUT2D eigenvalue weighted by molar-refractivity contribution is 9.10. The van der Waals surface area contributed by atoms with Crippen LogP contribution in [-0.2, 0) is 9.59 Å². The van der Waals surface area contributed by atoms with Gasteiger partial charge in [0.05, 0.1) is 5.25 Å². The van der Waals surface area contributed by atoms with Crippen molar-refractivity contribution in [3.05, 3.63) is 129 Å². The molecule has 0 fully saturated rings. The minimum absolute atomic E-state index is 0.0789. The van der Waals surface area contributed by atoms with Crippen molar-refractivity contribution < 1.29 is 14.4 Å². The number of hydrogen-bond acceptors (Lipinski definition) is 4. The van der Waals surface area contributed by atoms with Gasteiger partial charge in [-0.15, -0.1) is 11.8 Å². The van der Waals surface area contributed by atoms with Crippen LogP contribution in [0, 0.1) is 13.8 Å². The lowest BCUT2D eigenvalue weighted by molar-refractivity contribution is -0.116. The van der Waals surface area contributed by atoms with Gasteiger partial charge in [-0.3, -0.25) is 14.4 Å². The second-order valence-corrected chi connectivity index (χ2v) is 12.0. The molecule has 0 radical (unpaired) electrons. The van der Waals surface area contributed by atoms with Crippen LogP contribution in [0.2, 0.25) is 0 Å². The average molecular weight is 643 g/mol. The number of aryl methyl sites for hydroxylation is 2. The summed E-state index contributed by atoms with van der Waals surface area (Å²) >= 11 is 4.88. The highest BCUT2D eigenvalue weighted by atomic mass is 79.9. The number of thioether (sulfide) groups is 1. The standard InChI is InChI=1S/C34H32BrN3O3S/c1-4-31(34(41)37-28-17-22(2)16-23(3)18-28)42-29-15-9-14-27(21-29)36-33(40)30(20-24-10-8-13-26(35)19-24)38-32(39)25-11-6-5-7-12-25/h5-21,31H,4H2,1-3H3,(H,36,40)(H,37,41)(H,38,39)/b30-20+. The summed E-state index contributed by atoms with van der Waals surface area (Å²) in [6.07, 6.45) is 2.26. The number of benzene rings is 4. The third-order valence-electron chi connectivity index (χ3n) is 6.21. The Labute approximate surface area is 259 Å². The maximum atomic E-state index is 13.4. The van der Waals surface area contributed by atoms with Crippen molar-refractivity contribution in [2.75, 3.05) is 10.6 Å². The molecule has 0 heterocycles. The number of halogens is 1. The Balaban J connectivity index is 1.50. The van der Waals surface area contributed by atoms with Gasteiger partial charge in [-0.05, 0) is 97.6 Å². The lowest BCUT2D eigenvalue weighted by Gasteiger charge is -2.16. The van der Waals surface area contributed by atoms with E-state index in [9.17, 15) is 14.4 Å². The van der Waals surface area contributed by atoms with Crippen molar-refractivity contribution in [3.63, 3.8) is 0 Å². The largest absolute Gasteiger partial charge is 0.325 e. The number of carbonyl (C=O) groups is 3. The summed E-state index contributed by atoms with van der Waals surface area (Å²) in [4.78, 5) is 40.3. The molecule has 42 heavy (non-hydrogen) atoms. The van der Waals surface area contributed by atoms with Gasteiger partial charge in [0.25, 0.3) is 11.8 Å². The van der Waals surface area contributed by atoms with E-state index in [0.29, 0.717) is 17.7 Å². The minimum atomic E-state index is -0.471. The van der Waals surface area contributed by atoms with Gasteiger partial charge in [0.15, 0.2) is 0 Å². The number of rotatable bonds is 10. The molecule has 8 heteroatoms. The number of amides is 3. The zero-order valence-corrected chi connectivity index (χ0v) is 26.0. The summed E-state index contributed by atoms with van der Waals surface area (Å²) in [5.41, 5.74) is 4.77. The van der Waals surface area contributed by atoms with Gasteiger partial charge in [-0.2, -0.15) is 0 Å². The van der Waals surface area contributed by atoms with Crippen molar-refractivity contribution in [1.82, 2.24) is 5.32 Å². The summed E-state index contributed by atoms with van der Waals surface area (Å²) in [6.45, 7) is 5.97. The van der Waals surface area contributed by atoms with Crippen LogP contribution >= 0.6 is 27.7 Å². The molecule has 0 spiro atoms. The number of hydrogen-bond donors (Lipinski definition) is 3. The van der Waals surface area contributed by atoms with Crippen molar-refractivity contribution in [1.29, 1.82) is 0 Å². The van der Waals surface area contributed by atoms with Crippen LogP contribution in [0.5, 0.6) is 0 Å². The molecule has 0 saturated carbocycles.